The van der Waals surface area contributed by atoms with E-state index in [9.17, 15) is 9.18 Å². The first-order valence-corrected chi connectivity index (χ1v) is 14.0. The Labute approximate surface area is 241 Å². The molecule has 2 heterocycles. The topological polar surface area (TPSA) is 60.5 Å². The molecule has 2 N–H and O–H groups in total. The maximum atomic E-state index is 13.4. The molecule has 2 amide bonds. The summed E-state index contributed by atoms with van der Waals surface area (Å²) in [7, 11) is 0. The Hall–Kier alpha value is -4.67. The predicted molar refractivity (Wildman–Crippen MR) is 163 cm³/mol. The Morgan fingerprint density at radius 1 is 0.854 bits per heavy atom. The van der Waals surface area contributed by atoms with Crippen LogP contribution in [0.1, 0.15) is 22.3 Å². The van der Waals surface area contributed by atoms with Crippen molar-refractivity contribution in [3.05, 3.63) is 125 Å². The number of carbonyl (C=O) groups is 1. The quantitative estimate of drug-likeness (QED) is 0.292. The lowest BCUT2D eigenvalue weighted by atomic mass is 10.1. The van der Waals surface area contributed by atoms with Gasteiger partial charge < -0.3 is 15.5 Å². The number of halogens is 1. The van der Waals surface area contributed by atoms with Gasteiger partial charge in [-0.25, -0.2) is 9.18 Å². The Morgan fingerprint density at radius 3 is 2.39 bits per heavy atom. The molecule has 1 aliphatic rings. The molecular formula is C34H34FN5O. The lowest BCUT2D eigenvalue weighted by Gasteiger charge is -2.36. The van der Waals surface area contributed by atoms with Crippen molar-refractivity contribution in [1.29, 1.82) is 0 Å². The average molecular weight is 548 g/mol. The highest BCUT2D eigenvalue weighted by molar-refractivity contribution is 5.90. The van der Waals surface area contributed by atoms with Crippen molar-refractivity contribution >= 4 is 17.4 Å². The molecule has 0 saturated carbocycles. The number of anilines is 2. The molecule has 3 aromatic carbocycles. The van der Waals surface area contributed by atoms with Crippen molar-refractivity contribution in [2.45, 2.75) is 12.8 Å². The molecule has 41 heavy (non-hydrogen) atoms. The summed E-state index contributed by atoms with van der Waals surface area (Å²) in [4.78, 5) is 21.5. The number of amides is 2. The number of carbonyl (C=O) groups excluding carboxylic acids is 1. The molecule has 1 aromatic heterocycles. The number of hydrogen-bond donors (Lipinski definition) is 2. The van der Waals surface area contributed by atoms with E-state index in [0.29, 0.717) is 18.7 Å². The van der Waals surface area contributed by atoms with Crippen LogP contribution >= 0.6 is 0 Å². The summed E-state index contributed by atoms with van der Waals surface area (Å²) < 4.78 is 13.4. The number of urea groups is 1. The van der Waals surface area contributed by atoms with Crippen molar-refractivity contribution in [2.24, 2.45) is 0 Å². The summed E-state index contributed by atoms with van der Waals surface area (Å²) in [6.45, 7) is 5.26. The van der Waals surface area contributed by atoms with Gasteiger partial charge in [-0.1, -0.05) is 48.2 Å². The van der Waals surface area contributed by atoms with E-state index in [1.807, 2.05) is 30.3 Å². The molecule has 0 unspecified atom stereocenters. The van der Waals surface area contributed by atoms with E-state index in [4.69, 9.17) is 0 Å². The number of nitrogens with one attached hydrogen (secondary N) is 2. The van der Waals surface area contributed by atoms with Gasteiger partial charge in [0, 0.05) is 62.9 Å². The van der Waals surface area contributed by atoms with Crippen LogP contribution in [0.25, 0.3) is 0 Å². The number of nitrogens with zero attached hydrogens (tertiary/aromatic N) is 3. The predicted octanol–water partition coefficient (Wildman–Crippen LogP) is 5.35. The minimum Gasteiger partial charge on any atom is -0.368 e. The molecule has 4 aromatic rings. The standard InChI is InChI=1S/C34H34FN5O/c35-31-12-9-28(10-13-31)8-11-30-25-32(38-34(41)37-19-16-29-7-4-18-36-26-29)14-15-33(30)40-23-21-39(22-24-40)20-17-27-5-2-1-3-6-27/h1-7,9-10,12-15,18,25-26H,16-17,19-24H2,(H2,37,38,41). The third kappa shape index (κ3) is 8.41. The van der Waals surface area contributed by atoms with E-state index in [1.165, 1.54) is 17.7 Å². The summed E-state index contributed by atoms with van der Waals surface area (Å²) >= 11 is 0. The number of aromatic nitrogens is 1. The molecule has 0 aliphatic carbocycles. The first-order valence-electron chi connectivity index (χ1n) is 14.0. The molecule has 5 rings (SSSR count). The molecule has 7 heteroatoms. The maximum absolute atomic E-state index is 13.4. The molecule has 0 radical (unpaired) electrons. The second-order valence-corrected chi connectivity index (χ2v) is 10.0. The third-order valence-corrected chi connectivity index (χ3v) is 7.13. The van der Waals surface area contributed by atoms with Crippen molar-refractivity contribution < 1.29 is 9.18 Å². The number of piperazine rings is 1. The van der Waals surface area contributed by atoms with Crippen LogP contribution in [-0.4, -0.2) is 55.2 Å². The Morgan fingerprint density at radius 2 is 1.63 bits per heavy atom. The third-order valence-electron chi connectivity index (χ3n) is 7.13. The van der Waals surface area contributed by atoms with Gasteiger partial charge in [0.05, 0.1) is 11.3 Å². The van der Waals surface area contributed by atoms with E-state index < -0.39 is 0 Å². The molecule has 0 atom stereocenters. The summed E-state index contributed by atoms with van der Waals surface area (Å²) in [6, 6.07) is 26.2. The fourth-order valence-electron chi connectivity index (χ4n) is 4.85. The van der Waals surface area contributed by atoms with Crippen molar-refractivity contribution in [3.63, 3.8) is 0 Å². The Kier molecular flexibility index (Phi) is 9.59. The van der Waals surface area contributed by atoms with Gasteiger partial charge in [-0.05, 0) is 72.5 Å². The van der Waals surface area contributed by atoms with E-state index in [2.05, 4.69) is 67.6 Å². The number of rotatable bonds is 8. The molecular weight excluding hydrogens is 513 g/mol. The maximum Gasteiger partial charge on any atom is 0.319 e. The molecule has 0 spiro atoms. The van der Waals surface area contributed by atoms with Gasteiger partial charge in [0.15, 0.2) is 0 Å². The summed E-state index contributed by atoms with van der Waals surface area (Å²) in [5, 5.41) is 5.84. The van der Waals surface area contributed by atoms with Gasteiger partial charge in [-0.2, -0.15) is 0 Å². The van der Waals surface area contributed by atoms with Crippen LogP contribution in [0.3, 0.4) is 0 Å². The van der Waals surface area contributed by atoms with Crippen LogP contribution in [0, 0.1) is 17.7 Å². The van der Waals surface area contributed by atoms with E-state index in [-0.39, 0.29) is 11.8 Å². The Balaban J connectivity index is 1.24. The van der Waals surface area contributed by atoms with Crippen molar-refractivity contribution in [1.82, 2.24) is 15.2 Å². The van der Waals surface area contributed by atoms with Gasteiger partial charge in [-0.3, -0.25) is 9.88 Å². The van der Waals surface area contributed by atoms with Crippen molar-refractivity contribution in [3.8, 4) is 11.8 Å². The van der Waals surface area contributed by atoms with E-state index in [1.54, 1.807) is 24.5 Å². The minimum absolute atomic E-state index is 0.272. The van der Waals surface area contributed by atoms with Crippen molar-refractivity contribution in [2.75, 3.05) is 49.5 Å². The second kappa shape index (κ2) is 14.1. The van der Waals surface area contributed by atoms with Gasteiger partial charge in [-0.15, -0.1) is 0 Å². The molecule has 1 saturated heterocycles. The van der Waals surface area contributed by atoms with Gasteiger partial charge in [0.2, 0.25) is 0 Å². The highest BCUT2D eigenvalue weighted by atomic mass is 19.1. The highest BCUT2D eigenvalue weighted by Gasteiger charge is 2.19. The van der Waals surface area contributed by atoms with Crippen LogP contribution in [0.15, 0.2) is 97.3 Å². The molecule has 1 fully saturated rings. The second-order valence-electron chi connectivity index (χ2n) is 10.0. The van der Waals surface area contributed by atoms with Crippen LogP contribution < -0.4 is 15.5 Å². The number of benzene rings is 3. The molecule has 1 aliphatic heterocycles. The first kappa shape index (κ1) is 27.9. The zero-order chi connectivity index (χ0) is 28.3. The van der Waals surface area contributed by atoms with Gasteiger partial charge >= 0.3 is 6.03 Å². The minimum atomic E-state index is -0.290. The normalized spacial score (nSPS) is 13.2. The smallest absolute Gasteiger partial charge is 0.319 e. The summed E-state index contributed by atoms with van der Waals surface area (Å²) in [5.41, 5.74) is 5.67. The average Bonchev–Trinajstić information content (AvgIpc) is 3.01. The number of pyridine rings is 1. The number of hydrogen-bond acceptors (Lipinski definition) is 4. The summed E-state index contributed by atoms with van der Waals surface area (Å²) in [6.07, 6.45) is 5.27. The van der Waals surface area contributed by atoms with Crippen LogP contribution in [-0.2, 0) is 12.8 Å². The van der Waals surface area contributed by atoms with E-state index >= 15 is 0 Å². The first-order chi connectivity index (χ1) is 20.1. The van der Waals surface area contributed by atoms with Gasteiger partial charge in [0.1, 0.15) is 5.82 Å². The van der Waals surface area contributed by atoms with Gasteiger partial charge in [0.25, 0.3) is 0 Å². The fraction of sp³-hybridized carbons (Fsp3) is 0.235. The molecule has 6 nitrogen and oxygen atoms in total. The lowest BCUT2D eigenvalue weighted by Crippen LogP contribution is -2.47. The zero-order valence-electron chi connectivity index (χ0n) is 23.0. The lowest BCUT2D eigenvalue weighted by molar-refractivity contribution is 0.252. The van der Waals surface area contributed by atoms with Crippen LogP contribution in [0.5, 0.6) is 0 Å². The fourth-order valence-corrected chi connectivity index (χ4v) is 4.85. The van der Waals surface area contributed by atoms with Crippen LogP contribution in [0.4, 0.5) is 20.6 Å². The zero-order valence-corrected chi connectivity index (χ0v) is 23.0. The highest BCUT2D eigenvalue weighted by Crippen LogP contribution is 2.25. The molecule has 208 valence electrons. The van der Waals surface area contributed by atoms with Crippen LogP contribution in [0.2, 0.25) is 0 Å². The largest absolute Gasteiger partial charge is 0.368 e. The SMILES string of the molecule is O=C(NCCc1cccnc1)Nc1ccc(N2CCN(CCc3ccccc3)CC2)c(C#Cc2ccc(F)cc2)c1. The Bertz CT molecular complexity index is 1470. The summed E-state index contributed by atoms with van der Waals surface area (Å²) in [5.74, 6) is 6.15. The monoisotopic (exact) mass is 547 g/mol. The van der Waals surface area contributed by atoms with E-state index in [0.717, 1.165) is 61.5 Å². The molecule has 0 bridgehead atoms.